The normalized spacial score (nSPS) is 21.3. The van der Waals surface area contributed by atoms with Gasteiger partial charge in [0.2, 0.25) is 0 Å². The van der Waals surface area contributed by atoms with Crippen molar-refractivity contribution in [3.63, 3.8) is 0 Å². The van der Waals surface area contributed by atoms with Crippen molar-refractivity contribution in [1.29, 1.82) is 0 Å². The third-order valence-electron chi connectivity index (χ3n) is 4.11. The molecule has 18 heavy (non-hydrogen) atoms. The van der Waals surface area contributed by atoms with E-state index in [0.29, 0.717) is 0 Å². The van der Waals surface area contributed by atoms with Crippen molar-refractivity contribution in [1.82, 2.24) is 0 Å². The summed E-state index contributed by atoms with van der Waals surface area (Å²) in [5, 5.41) is 0. The highest BCUT2D eigenvalue weighted by atomic mass is 15.1. The highest BCUT2D eigenvalue weighted by molar-refractivity contribution is 5.48. The van der Waals surface area contributed by atoms with E-state index < -0.39 is 0 Å². The van der Waals surface area contributed by atoms with E-state index in [0.717, 1.165) is 12.3 Å². The molecule has 1 fully saturated rings. The number of anilines is 1. The molecular weight excluding hydrogens is 220 g/mol. The van der Waals surface area contributed by atoms with Crippen LogP contribution in [0.3, 0.4) is 0 Å². The van der Waals surface area contributed by atoms with Crippen LogP contribution in [-0.2, 0) is 0 Å². The summed E-state index contributed by atoms with van der Waals surface area (Å²) in [4.78, 5) is 2.52. The van der Waals surface area contributed by atoms with Gasteiger partial charge in [-0.25, -0.2) is 0 Å². The lowest BCUT2D eigenvalue weighted by Crippen LogP contribution is -2.19. The van der Waals surface area contributed by atoms with Gasteiger partial charge in [-0.1, -0.05) is 32.4 Å². The van der Waals surface area contributed by atoms with Crippen LogP contribution in [0.15, 0.2) is 24.3 Å². The zero-order valence-corrected chi connectivity index (χ0v) is 11.7. The number of rotatable bonds is 5. The highest BCUT2D eigenvalue weighted by Gasteiger charge is 2.21. The Labute approximate surface area is 111 Å². The van der Waals surface area contributed by atoms with Crippen molar-refractivity contribution < 1.29 is 0 Å². The topological polar surface area (TPSA) is 29.3 Å². The Balaban J connectivity index is 1.98. The fraction of sp³-hybridized carbons (Fsp3) is 0.625. The van der Waals surface area contributed by atoms with E-state index in [4.69, 9.17) is 5.73 Å². The quantitative estimate of drug-likeness (QED) is 0.858. The third-order valence-corrected chi connectivity index (χ3v) is 4.11. The lowest BCUT2D eigenvalue weighted by atomic mass is 10.0. The molecule has 1 aromatic rings. The molecule has 0 radical (unpaired) electrons. The average Bonchev–Trinajstić information content (AvgIpc) is 2.87. The molecule has 1 aliphatic heterocycles. The minimum atomic E-state index is 0.186. The SMILES string of the molecule is CCCC1CCN(c2ccc([C@@H](N)CC)cc2)C1. The highest BCUT2D eigenvalue weighted by Crippen LogP contribution is 2.27. The maximum atomic E-state index is 6.05. The molecule has 2 heteroatoms. The van der Waals surface area contributed by atoms with Crippen LogP contribution in [0.1, 0.15) is 51.1 Å². The first-order valence-electron chi connectivity index (χ1n) is 7.35. The van der Waals surface area contributed by atoms with Crippen LogP contribution in [0.25, 0.3) is 0 Å². The molecule has 0 amide bonds. The smallest absolute Gasteiger partial charge is 0.0366 e. The number of hydrogen-bond donors (Lipinski definition) is 1. The van der Waals surface area contributed by atoms with Crippen molar-refractivity contribution in [2.24, 2.45) is 11.7 Å². The first-order chi connectivity index (χ1) is 8.74. The van der Waals surface area contributed by atoms with Crippen molar-refractivity contribution in [2.45, 2.75) is 45.6 Å². The maximum absolute atomic E-state index is 6.05. The van der Waals surface area contributed by atoms with Crippen LogP contribution < -0.4 is 10.6 Å². The molecular formula is C16H26N2. The number of nitrogens with zero attached hydrogens (tertiary/aromatic N) is 1. The molecule has 0 aliphatic carbocycles. The molecule has 0 spiro atoms. The predicted molar refractivity (Wildman–Crippen MR) is 78.9 cm³/mol. The molecule has 0 aromatic heterocycles. The first-order valence-corrected chi connectivity index (χ1v) is 7.35. The summed E-state index contributed by atoms with van der Waals surface area (Å²) >= 11 is 0. The first kappa shape index (κ1) is 13.4. The van der Waals surface area contributed by atoms with E-state index in [1.807, 2.05) is 0 Å². The molecule has 1 aromatic carbocycles. The monoisotopic (exact) mass is 246 g/mol. The second-order valence-corrected chi connectivity index (χ2v) is 5.50. The van der Waals surface area contributed by atoms with E-state index in [2.05, 4.69) is 43.0 Å². The van der Waals surface area contributed by atoms with Crippen molar-refractivity contribution in [3.8, 4) is 0 Å². The number of benzene rings is 1. The molecule has 0 bridgehead atoms. The second kappa shape index (κ2) is 6.24. The van der Waals surface area contributed by atoms with Gasteiger partial charge < -0.3 is 10.6 Å². The van der Waals surface area contributed by atoms with E-state index in [1.165, 1.54) is 43.6 Å². The molecule has 2 N–H and O–H groups in total. The maximum Gasteiger partial charge on any atom is 0.0366 e. The van der Waals surface area contributed by atoms with Gasteiger partial charge in [-0.05, 0) is 42.9 Å². The van der Waals surface area contributed by atoms with E-state index >= 15 is 0 Å². The Morgan fingerprint density at radius 1 is 1.28 bits per heavy atom. The summed E-state index contributed by atoms with van der Waals surface area (Å²) in [5.41, 5.74) is 8.66. The van der Waals surface area contributed by atoms with Crippen LogP contribution in [-0.4, -0.2) is 13.1 Å². The molecule has 1 heterocycles. The Kier molecular flexibility index (Phi) is 4.65. The molecule has 1 aliphatic rings. The van der Waals surface area contributed by atoms with Gasteiger partial charge in [-0.2, -0.15) is 0 Å². The Bertz CT molecular complexity index is 358. The van der Waals surface area contributed by atoms with Crippen LogP contribution in [0.5, 0.6) is 0 Å². The number of nitrogens with two attached hydrogens (primary N) is 1. The van der Waals surface area contributed by atoms with Crippen LogP contribution in [0, 0.1) is 5.92 Å². The predicted octanol–water partition coefficient (Wildman–Crippen LogP) is 3.72. The summed E-state index contributed by atoms with van der Waals surface area (Å²) in [6.45, 7) is 6.86. The summed E-state index contributed by atoms with van der Waals surface area (Å²) in [6, 6.07) is 9.04. The minimum absolute atomic E-state index is 0.186. The molecule has 2 rings (SSSR count). The summed E-state index contributed by atoms with van der Waals surface area (Å²) in [5.74, 6) is 0.896. The Morgan fingerprint density at radius 3 is 2.61 bits per heavy atom. The summed E-state index contributed by atoms with van der Waals surface area (Å²) in [6.07, 6.45) is 5.03. The molecule has 1 unspecified atom stereocenters. The molecule has 2 nitrogen and oxygen atoms in total. The summed E-state index contributed by atoms with van der Waals surface area (Å²) in [7, 11) is 0. The van der Waals surface area contributed by atoms with Gasteiger partial charge in [0.05, 0.1) is 0 Å². The zero-order chi connectivity index (χ0) is 13.0. The standard InChI is InChI=1S/C16H26N2/c1-3-5-13-10-11-18(12-13)15-8-6-14(7-9-15)16(17)4-2/h6-9,13,16H,3-5,10-12,17H2,1-2H3/t13?,16-/m0/s1. The molecule has 0 saturated carbocycles. The van der Waals surface area contributed by atoms with Gasteiger partial charge >= 0.3 is 0 Å². The van der Waals surface area contributed by atoms with Crippen molar-refractivity contribution in [2.75, 3.05) is 18.0 Å². The molecule has 100 valence electrons. The van der Waals surface area contributed by atoms with Crippen molar-refractivity contribution in [3.05, 3.63) is 29.8 Å². The van der Waals surface area contributed by atoms with Gasteiger partial charge in [0.1, 0.15) is 0 Å². The Hall–Kier alpha value is -1.02. The van der Waals surface area contributed by atoms with Gasteiger partial charge in [-0.15, -0.1) is 0 Å². The lowest BCUT2D eigenvalue weighted by Gasteiger charge is -2.19. The average molecular weight is 246 g/mol. The van der Waals surface area contributed by atoms with Gasteiger partial charge in [0.25, 0.3) is 0 Å². The second-order valence-electron chi connectivity index (χ2n) is 5.50. The lowest BCUT2D eigenvalue weighted by molar-refractivity contribution is 0.530. The fourth-order valence-electron chi connectivity index (χ4n) is 2.88. The van der Waals surface area contributed by atoms with E-state index in [9.17, 15) is 0 Å². The van der Waals surface area contributed by atoms with Crippen LogP contribution in [0.4, 0.5) is 5.69 Å². The fourth-order valence-corrected chi connectivity index (χ4v) is 2.88. The van der Waals surface area contributed by atoms with Gasteiger partial charge in [-0.3, -0.25) is 0 Å². The third kappa shape index (κ3) is 3.05. The van der Waals surface area contributed by atoms with Crippen molar-refractivity contribution >= 4 is 5.69 Å². The van der Waals surface area contributed by atoms with Crippen LogP contribution in [0.2, 0.25) is 0 Å². The van der Waals surface area contributed by atoms with Gasteiger partial charge in [0.15, 0.2) is 0 Å². The zero-order valence-electron chi connectivity index (χ0n) is 11.7. The number of hydrogen-bond acceptors (Lipinski definition) is 2. The van der Waals surface area contributed by atoms with Crippen LogP contribution >= 0.6 is 0 Å². The van der Waals surface area contributed by atoms with E-state index in [1.54, 1.807) is 0 Å². The molecule has 1 saturated heterocycles. The molecule has 2 atom stereocenters. The Morgan fingerprint density at radius 2 is 2.00 bits per heavy atom. The largest absolute Gasteiger partial charge is 0.371 e. The minimum Gasteiger partial charge on any atom is -0.371 e. The summed E-state index contributed by atoms with van der Waals surface area (Å²) < 4.78 is 0. The van der Waals surface area contributed by atoms with Gasteiger partial charge in [0, 0.05) is 24.8 Å². The van der Waals surface area contributed by atoms with E-state index in [-0.39, 0.29) is 6.04 Å².